The Balaban J connectivity index is 1.72. The zero-order chi connectivity index (χ0) is 26.8. The maximum Gasteiger partial charge on any atom is 0.251 e. The van der Waals surface area contributed by atoms with Gasteiger partial charge in [-0.25, -0.2) is 8.42 Å². The van der Waals surface area contributed by atoms with E-state index in [9.17, 15) is 18.3 Å². The number of carbonyl (C=O) groups excluding carboxylic acids is 1. The van der Waals surface area contributed by atoms with Crippen molar-refractivity contribution in [3.05, 3.63) is 101 Å². The standard InChI is InChI=1S/C29H37N3O4S/c1-4-16-37(35,36)32(3)26-15-9-14-25(19-26)29(34)31-27(18-23-11-6-5-7-12-23)28(33)21-30-20-24-13-8-10-22(2)17-24/h5-15,17,19,27-28,30,33H,4,16,18,20-21H2,1-3H3,(H,31,34)/t27-,28+/m0/s1. The van der Waals surface area contributed by atoms with Crippen LogP contribution in [0.5, 0.6) is 0 Å². The first-order valence-corrected chi connectivity index (χ1v) is 14.2. The van der Waals surface area contributed by atoms with Crippen molar-refractivity contribution in [1.29, 1.82) is 0 Å². The van der Waals surface area contributed by atoms with Crippen molar-refractivity contribution in [2.45, 2.75) is 45.4 Å². The van der Waals surface area contributed by atoms with Gasteiger partial charge in [0.05, 0.1) is 23.6 Å². The number of aliphatic hydroxyl groups is 1. The predicted octanol–water partition coefficient (Wildman–Crippen LogP) is 3.66. The van der Waals surface area contributed by atoms with Crippen LogP contribution in [-0.4, -0.2) is 50.9 Å². The van der Waals surface area contributed by atoms with Crippen molar-refractivity contribution in [2.24, 2.45) is 0 Å². The molecule has 0 unspecified atom stereocenters. The van der Waals surface area contributed by atoms with Crippen LogP contribution in [0.25, 0.3) is 0 Å². The summed E-state index contributed by atoms with van der Waals surface area (Å²) in [6.45, 7) is 4.74. The number of anilines is 1. The van der Waals surface area contributed by atoms with Crippen LogP contribution in [0.15, 0.2) is 78.9 Å². The summed E-state index contributed by atoms with van der Waals surface area (Å²) >= 11 is 0. The minimum Gasteiger partial charge on any atom is -0.390 e. The van der Waals surface area contributed by atoms with Crippen molar-refractivity contribution in [2.75, 3.05) is 23.7 Å². The van der Waals surface area contributed by atoms with Gasteiger partial charge in [-0.2, -0.15) is 0 Å². The number of benzene rings is 3. The molecule has 0 fully saturated rings. The first kappa shape index (κ1) is 28.4. The number of hydrogen-bond acceptors (Lipinski definition) is 5. The Labute approximate surface area is 220 Å². The minimum atomic E-state index is -3.47. The van der Waals surface area contributed by atoms with Gasteiger partial charge >= 0.3 is 0 Å². The molecule has 3 rings (SSSR count). The second kappa shape index (κ2) is 13.4. The topological polar surface area (TPSA) is 98.7 Å². The lowest BCUT2D eigenvalue weighted by Gasteiger charge is -2.25. The molecule has 0 aliphatic heterocycles. The lowest BCUT2D eigenvalue weighted by molar-refractivity contribution is 0.0830. The third-order valence-electron chi connectivity index (χ3n) is 6.20. The van der Waals surface area contributed by atoms with Gasteiger partial charge in [-0.15, -0.1) is 0 Å². The summed E-state index contributed by atoms with van der Waals surface area (Å²) in [5, 5.41) is 17.3. The summed E-state index contributed by atoms with van der Waals surface area (Å²) in [5.74, 6) is -0.345. The smallest absolute Gasteiger partial charge is 0.251 e. The molecular formula is C29H37N3O4S. The van der Waals surface area contributed by atoms with Gasteiger partial charge in [-0.1, -0.05) is 73.2 Å². The van der Waals surface area contributed by atoms with Crippen molar-refractivity contribution in [1.82, 2.24) is 10.6 Å². The lowest BCUT2D eigenvalue weighted by Crippen LogP contribution is -2.48. The van der Waals surface area contributed by atoms with Gasteiger partial charge in [0.2, 0.25) is 10.0 Å². The molecule has 3 N–H and O–H groups in total. The number of aliphatic hydroxyl groups excluding tert-OH is 1. The Kier molecular flexibility index (Phi) is 10.3. The molecule has 0 aromatic heterocycles. The number of nitrogens with one attached hydrogen (secondary N) is 2. The summed E-state index contributed by atoms with van der Waals surface area (Å²) in [6, 6.07) is 23.8. The van der Waals surface area contributed by atoms with Crippen LogP contribution in [-0.2, 0) is 23.0 Å². The first-order chi connectivity index (χ1) is 17.7. The molecule has 2 atom stereocenters. The number of carbonyl (C=O) groups is 1. The van der Waals surface area contributed by atoms with Gasteiger partial charge in [0.1, 0.15) is 0 Å². The van der Waals surface area contributed by atoms with Gasteiger partial charge in [0.15, 0.2) is 0 Å². The Bertz CT molecular complexity index is 1260. The quantitative estimate of drug-likeness (QED) is 0.318. The summed E-state index contributed by atoms with van der Waals surface area (Å²) in [6.07, 6.45) is 0.110. The van der Waals surface area contributed by atoms with Crippen molar-refractivity contribution in [3.63, 3.8) is 0 Å². The third kappa shape index (κ3) is 8.42. The van der Waals surface area contributed by atoms with Gasteiger partial charge in [0, 0.05) is 25.7 Å². The second-order valence-electron chi connectivity index (χ2n) is 9.29. The summed E-state index contributed by atoms with van der Waals surface area (Å²) in [5.41, 5.74) is 4.03. The van der Waals surface area contributed by atoms with Crippen molar-refractivity contribution < 1.29 is 18.3 Å². The largest absolute Gasteiger partial charge is 0.390 e. The normalized spacial score (nSPS) is 13.1. The summed E-state index contributed by atoms with van der Waals surface area (Å²) < 4.78 is 26.2. The Morgan fingerprint density at radius 3 is 2.38 bits per heavy atom. The highest BCUT2D eigenvalue weighted by Crippen LogP contribution is 2.19. The number of hydrogen-bond donors (Lipinski definition) is 3. The molecule has 3 aromatic carbocycles. The molecule has 0 aliphatic carbocycles. The average Bonchev–Trinajstić information content (AvgIpc) is 2.88. The number of aryl methyl sites for hydroxylation is 1. The molecule has 37 heavy (non-hydrogen) atoms. The van der Waals surface area contributed by atoms with E-state index >= 15 is 0 Å². The van der Waals surface area contributed by atoms with E-state index < -0.39 is 22.2 Å². The zero-order valence-corrected chi connectivity index (χ0v) is 22.5. The maximum atomic E-state index is 13.2. The van der Waals surface area contributed by atoms with E-state index in [1.54, 1.807) is 24.3 Å². The molecule has 0 spiro atoms. The molecule has 0 heterocycles. The molecule has 0 aliphatic rings. The van der Waals surface area contributed by atoms with Crippen LogP contribution >= 0.6 is 0 Å². The van der Waals surface area contributed by atoms with E-state index in [1.807, 2.05) is 62.4 Å². The molecule has 3 aromatic rings. The highest BCUT2D eigenvalue weighted by atomic mass is 32.2. The monoisotopic (exact) mass is 523 g/mol. The number of sulfonamides is 1. The summed E-state index contributed by atoms with van der Waals surface area (Å²) in [7, 11) is -1.98. The Morgan fingerprint density at radius 2 is 1.68 bits per heavy atom. The van der Waals surface area contributed by atoms with Gasteiger partial charge in [-0.3, -0.25) is 9.10 Å². The molecule has 7 nitrogen and oxygen atoms in total. The minimum absolute atomic E-state index is 0.0286. The van der Waals surface area contributed by atoms with Crippen LogP contribution < -0.4 is 14.9 Å². The molecule has 0 saturated carbocycles. The van der Waals surface area contributed by atoms with Crippen LogP contribution in [0, 0.1) is 6.92 Å². The van der Waals surface area contributed by atoms with E-state index in [2.05, 4.69) is 16.7 Å². The van der Waals surface area contributed by atoms with Crippen molar-refractivity contribution >= 4 is 21.6 Å². The van der Waals surface area contributed by atoms with E-state index in [0.717, 1.165) is 11.1 Å². The van der Waals surface area contributed by atoms with E-state index in [4.69, 9.17) is 0 Å². The highest BCUT2D eigenvalue weighted by Gasteiger charge is 2.23. The molecule has 8 heteroatoms. The molecule has 0 bridgehead atoms. The Morgan fingerprint density at radius 1 is 0.973 bits per heavy atom. The molecule has 1 amide bonds. The fraction of sp³-hybridized carbons (Fsp3) is 0.345. The lowest BCUT2D eigenvalue weighted by atomic mass is 10.00. The number of rotatable bonds is 13. The molecule has 0 saturated heterocycles. The Hall–Kier alpha value is -3.20. The van der Waals surface area contributed by atoms with E-state index in [0.29, 0.717) is 37.2 Å². The van der Waals surface area contributed by atoms with Crippen molar-refractivity contribution in [3.8, 4) is 0 Å². The number of amides is 1. The average molecular weight is 524 g/mol. The van der Waals surface area contributed by atoms with Gasteiger partial charge < -0.3 is 15.7 Å². The molecule has 198 valence electrons. The van der Waals surface area contributed by atoms with Crippen LogP contribution in [0.4, 0.5) is 5.69 Å². The SMILES string of the molecule is CCCS(=O)(=O)N(C)c1cccc(C(=O)N[C@@H](Cc2ccccc2)[C@H](O)CNCc2cccc(C)c2)c1. The molecular weight excluding hydrogens is 486 g/mol. The number of nitrogens with zero attached hydrogens (tertiary/aromatic N) is 1. The fourth-order valence-corrected chi connectivity index (χ4v) is 5.35. The van der Waals surface area contributed by atoms with E-state index in [-0.39, 0.29) is 11.7 Å². The maximum absolute atomic E-state index is 13.2. The first-order valence-electron chi connectivity index (χ1n) is 12.6. The highest BCUT2D eigenvalue weighted by molar-refractivity contribution is 7.92. The van der Waals surface area contributed by atoms with Crippen LogP contribution in [0.3, 0.4) is 0 Å². The van der Waals surface area contributed by atoms with Gasteiger partial charge in [-0.05, 0) is 49.1 Å². The van der Waals surface area contributed by atoms with Crippen LogP contribution in [0.1, 0.15) is 40.4 Å². The van der Waals surface area contributed by atoms with Gasteiger partial charge in [0.25, 0.3) is 5.91 Å². The third-order valence-corrected chi connectivity index (χ3v) is 8.17. The zero-order valence-electron chi connectivity index (χ0n) is 21.7. The predicted molar refractivity (Wildman–Crippen MR) is 149 cm³/mol. The second-order valence-corrected chi connectivity index (χ2v) is 11.4. The summed E-state index contributed by atoms with van der Waals surface area (Å²) in [4.78, 5) is 13.2. The van der Waals surface area contributed by atoms with E-state index in [1.165, 1.54) is 16.9 Å². The fourth-order valence-electron chi connectivity index (χ4n) is 4.13. The van der Waals surface area contributed by atoms with Crippen LogP contribution in [0.2, 0.25) is 0 Å². The molecule has 0 radical (unpaired) electrons.